The Morgan fingerprint density at radius 2 is 2.12 bits per heavy atom. The molecule has 3 rings (SSSR count). The number of aryl methyl sites for hydroxylation is 2. The average Bonchev–Trinajstić information content (AvgIpc) is 3.16. The Morgan fingerprint density at radius 3 is 2.81 bits per heavy atom. The van der Waals surface area contributed by atoms with Crippen LogP contribution in [0.15, 0.2) is 9.95 Å². The summed E-state index contributed by atoms with van der Waals surface area (Å²) in [6, 6.07) is 0. The third-order valence-corrected chi connectivity index (χ3v) is 7.09. The normalized spacial score (nSPS) is 14.0. The van der Waals surface area contributed by atoms with E-state index >= 15 is 0 Å². The van der Waals surface area contributed by atoms with Crippen LogP contribution >= 0.6 is 23.1 Å². The topological polar surface area (TPSA) is 64.0 Å². The van der Waals surface area contributed by atoms with Crippen LogP contribution < -0.4 is 10.9 Å². The number of nitrogens with one attached hydrogen (secondary N) is 1. The summed E-state index contributed by atoms with van der Waals surface area (Å²) in [6.07, 6.45) is 4.91. The van der Waals surface area contributed by atoms with Crippen molar-refractivity contribution >= 4 is 39.2 Å². The predicted octanol–water partition coefficient (Wildman–Crippen LogP) is 3.75. The second kappa shape index (κ2) is 7.72. The van der Waals surface area contributed by atoms with Crippen LogP contribution in [0.2, 0.25) is 0 Å². The van der Waals surface area contributed by atoms with Gasteiger partial charge in [-0.1, -0.05) is 25.6 Å². The maximum Gasteiger partial charge on any atom is 0.263 e. The monoisotopic (exact) mass is 393 g/mol. The van der Waals surface area contributed by atoms with Crippen molar-refractivity contribution < 1.29 is 4.79 Å². The number of thioether (sulfide) groups is 1. The van der Waals surface area contributed by atoms with Crippen molar-refractivity contribution in [1.29, 1.82) is 0 Å². The van der Waals surface area contributed by atoms with Gasteiger partial charge in [-0.3, -0.25) is 14.2 Å². The van der Waals surface area contributed by atoms with E-state index in [0.29, 0.717) is 11.7 Å². The number of hydrogen-bond acceptors (Lipinski definition) is 5. The van der Waals surface area contributed by atoms with Crippen molar-refractivity contribution in [1.82, 2.24) is 14.9 Å². The molecule has 26 heavy (non-hydrogen) atoms. The minimum absolute atomic E-state index is 0.0204. The maximum absolute atomic E-state index is 13.1. The molecule has 2 heterocycles. The Kier molecular flexibility index (Phi) is 5.77. The van der Waals surface area contributed by atoms with Gasteiger partial charge < -0.3 is 5.32 Å². The third-order valence-electron chi connectivity index (χ3n) is 4.93. The van der Waals surface area contributed by atoms with Crippen molar-refractivity contribution in [2.45, 2.75) is 77.0 Å². The Balaban J connectivity index is 1.89. The summed E-state index contributed by atoms with van der Waals surface area (Å²) < 4.78 is 1.76. The summed E-state index contributed by atoms with van der Waals surface area (Å²) in [5.74, 6) is 0.254. The van der Waals surface area contributed by atoms with Crippen LogP contribution in [-0.4, -0.2) is 26.8 Å². The molecule has 0 unspecified atom stereocenters. The largest absolute Gasteiger partial charge is 0.351 e. The lowest BCUT2D eigenvalue weighted by molar-refractivity contribution is -0.120. The standard InChI is InChI=1S/C19H27N3O2S2/c1-5-10-22-17(24)15-12-8-7-9-13(12)26-16(15)20-18(22)25-11-14(23)21-19(3,4)6-2/h5-11H2,1-4H3,(H,21,23). The lowest BCUT2D eigenvalue weighted by atomic mass is 10.0. The summed E-state index contributed by atoms with van der Waals surface area (Å²) in [5, 5.41) is 4.52. The van der Waals surface area contributed by atoms with E-state index in [4.69, 9.17) is 4.98 Å². The molecule has 0 saturated carbocycles. The van der Waals surface area contributed by atoms with E-state index in [1.54, 1.807) is 15.9 Å². The molecular weight excluding hydrogens is 366 g/mol. The van der Waals surface area contributed by atoms with Crippen LogP contribution in [-0.2, 0) is 24.2 Å². The Labute approximate surface area is 162 Å². The zero-order valence-corrected chi connectivity index (χ0v) is 17.6. The SMILES string of the molecule is CCCn1c(SCC(=O)NC(C)(C)CC)nc2sc3c(c2c1=O)CCC3. The third kappa shape index (κ3) is 3.83. The first-order chi connectivity index (χ1) is 12.4. The second-order valence-electron chi connectivity index (χ2n) is 7.46. The van der Waals surface area contributed by atoms with Gasteiger partial charge in [0.2, 0.25) is 5.91 Å². The van der Waals surface area contributed by atoms with Gasteiger partial charge in [-0.05, 0) is 51.5 Å². The molecule has 0 saturated heterocycles. The highest BCUT2D eigenvalue weighted by Gasteiger charge is 2.24. The molecule has 0 aromatic carbocycles. The first-order valence-electron chi connectivity index (χ1n) is 9.35. The van der Waals surface area contributed by atoms with Crippen LogP contribution in [0.3, 0.4) is 0 Å². The van der Waals surface area contributed by atoms with Crippen molar-refractivity contribution in [2.24, 2.45) is 0 Å². The molecule has 0 aliphatic heterocycles. The van der Waals surface area contributed by atoms with Crippen molar-refractivity contribution in [3.8, 4) is 0 Å². The van der Waals surface area contributed by atoms with Gasteiger partial charge in [-0.15, -0.1) is 11.3 Å². The summed E-state index contributed by atoms with van der Waals surface area (Å²) in [4.78, 5) is 32.3. The van der Waals surface area contributed by atoms with Crippen LogP contribution in [0, 0.1) is 0 Å². The summed E-state index contributed by atoms with van der Waals surface area (Å²) in [7, 11) is 0. The lowest BCUT2D eigenvalue weighted by Crippen LogP contribution is -2.43. The van der Waals surface area contributed by atoms with Gasteiger partial charge in [0.05, 0.1) is 11.1 Å². The fourth-order valence-electron chi connectivity index (χ4n) is 3.22. The van der Waals surface area contributed by atoms with Crippen LogP contribution in [0.4, 0.5) is 0 Å². The molecule has 5 nitrogen and oxygen atoms in total. The lowest BCUT2D eigenvalue weighted by Gasteiger charge is -2.24. The average molecular weight is 394 g/mol. The Morgan fingerprint density at radius 1 is 1.35 bits per heavy atom. The van der Waals surface area contributed by atoms with Crippen molar-refractivity contribution in [3.63, 3.8) is 0 Å². The van der Waals surface area contributed by atoms with Gasteiger partial charge in [0.15, 0.2) is 5.16 Å². The number of aromatic nitrogens is 2. The number of thiophene rings is 1. The highest BCUT2D eigenvalue weighted by molar-refractivity contribution is 7.99. The molecule has 0 fully saturated rings. The Bertz CT molecular complexity index is 883. The summed E-state index contributed by atoms with van der Waals surface area (Å²) >= 11 is 3.01. The molecule has 0 bridgehead atoms. The molecule has 142 valence electrons. The smallest absolute Gasteiger partial charge is 0.263 e. The molecule has 0 radical (unpaired) electrons. The molecule has 7 heteroatoms. The fourth-order valence-corrected chi connectivity index (χ4v) is 5.35. The molecule has 1 aliphatic carbocycles. The number of nitrogens with zero attached hydrogens (tertiary/aromatic N) is 2. The van der Waals surface area contributed by atoms with E-state index in [1.807, 2.05) is 13.8 Å². The molecule has 1 amide bonds. The van der Waals surface area contributed by atoms with E-state index in [-0.39, 0.29) is 22.8 Å². The van der Waals surface area contributed by atoms with Crippen LogP contribution in [0.5, 0.6) is 0 Å². The van der Waals surface area contributed by atoms with E-state index < -0.39 is 0 Å². The van der Waals surface area contributed by atoms with Crippen molar-refractivity contribution in [2.75, 3.05) is 5.75 Å². The molecule has 1 aliphatic rings. The molecule has 0 atom stereocenters. The van der Waals surface area contributed by atoms with E-state index in [9.17, 15) is 9.59 Å². The van der Waals surface area contributed by atoms with E-state index in [2.05, 4.69) is 19.2 Å². The van der Waals surface area contributed by atoms with Gasteiger partial charge in [0, 0.05) is 17.0 Å². The number of carbonyl (C=O) groups is 1. The number of amides is 1. The Hall–Kier alpha value is -1.34. The molecule has 0 spiro atoms. The van der Waals surface area contributed by atoms with E-state index in [1.165, 1.54) is 22.2 Å². The number of rotatable bonds is 7. The second-order valence-corrected chi connectivity index (χ2v) is 9.49. The predicted molar refractivity (Wildman–Crippen MR) is 109 cm³/mol. The molecule has 2 aromatic heterocycles. The van der Waals surface area contributed by atoms with Gasteiger partial charge in [-0.25, -0.2) is 4.98 Å². The van der Waals surface area contributed by atoms with Crippen molar-refractivity contribution in [3.05, 3.63) is 20.8 Å². The van der Waals surface area contributed by atoms with Crippen LogP contribution in [0.1, 0.15) is 57.4 Å². The zero-order chi connectivity index (χ0) is 18.9. The zero-order valence-electron chi connectivity index (χ0n) is 16.0. The minimum atomic E-state index is -0.216. The summed E-state index contributed by atoms with van der Waals surface area (Å²) in [6.45, 7) is 8.77. The van der Waals surface area contributed by atoms with Gasteiger partial charge in [-0.2, -0.15) is 0 Å². The van der Waals surface area contributed by atoms with Crippen LogP contribution in [0.25, 0.3) is 10.2 Å². The molecule has 2 aromatic rings. The number of carbonyl (C=O) groups excluding carboxylic acids is 1. The number of fused-ring (bicyclic) bond motifs is 3. The van der Waals surface area contributed by atoms with Gasteiger partial charge in [0.1, 0.15) is 4.83 Å². The highest BCUT2D eigenvalue weighted by Crippen LogP contribution is 2.35. The first-order valence-corrected chi connectivity index (χ1v) is 11.2. The van der Waals surface area contributed by atoms with E-state index in [0.717, 1.165) is 42.3 Å². The highest BCUT2D eigenvalue weighted by atomic mass is 32.2. The fraction of sp³-hybridized carbons (Fsp3) is 0.632. The molecular formula is C19H27N3O2S2. The maximum atomic E-state index is 13.1. The number of hydrogen-bond donors (Lipinski definition) is 1. The minimum Gasteiger partial charge on any atom is -0.351 e. The summed E-state index contributed by atoms with van der Waals surface area (Å²) in [5.41, 5.74) is 1.06. The first kappa shape index (κ1) is 19.4. The van der Waals surface area contributed by atoms with Gasteiger partial charge >= 0.3 is 0 Å². The van der Waals surface area contributed by atoms with Gasteiger partial charge in [0.25, 0.3) is 5.56 Å². The molecule has 1 N–H and O–H groups in total. The quantitative estimate of drug-likeness (QED) is 0.575.